The topological polar surface area (TPSA) is 70.0 Å². The largest absolute Gasteiger partial charge is 0.484 e. The number of rotatable bonds is 2. The van der Waals surface area contributed by atoms with Gasteiger partial charge in [-0.3, -0.25) is 0 Å². The molecule has 0 aliphatic carbocycles. The van der Waals surface area contributed by atoms with E-state index in [0.29, 0.717) is 15.5 Å². The summed E-state index contributed by atoms with van der Waals surface area (Å²) in [6.07, 6.45) is 1.12. The highest BCUT2D eigenvalue weighted by Crippen LogP contribution is 2.27. The fourth-order valence-corrected chi connectivity index (χ4v) is 4.74. The van der Waals surface area contributed by atoms with E-state index in [1.165, 1.54) is 18.2 Å². The first-order valence-electron chi connectivity index (χ1n) is 7.36. The van der Waals surface area contributed by atoms with Gasteiger partial charge in [0.15, 0.2) is 0 Å². The Bertz CT molecular complexity index is 937. The van der Waals surface area contributed by atoms with Gasteiger partial charge in [0.05, 0.1) is 11.1 Å². The monoisotopic (exact) mass is 346 g/mol. The van der Waals surface area contributed by atoms with Crippen molar-refractivity contribution >= 4 is 28.8 Å². The van der Waals surface area contributed by atoms with Gasteiger partial charge in [-0.1, -0.05) is 29.8 Å². The van der Waals surface area contributed by atoms with Crippen molar-refractivity contribution in [3.05, 3.63) is 58.4 Å². The molecule has 1 aliphatic rings. The Labute approximate surface area is 140 Å². The molecule has 8 heteroatoms. The van der Waals surface area contributed by atoms with E-state index in [4.69, 9.17) is 0 Å². The number of halogens is 1. The lowest BCUT2D eigenvalue weighted by Gasteiger charge is -2.27. The van der Waals surface area contributed by atoms with E-state index in [2.05, 4.69) is 5.10 Å². The zero-order valence-electron chi connectivity index (χ0n) is 13.5. The predicted octanol–water partition coefficient (Wildman–Crippen LogP) is 1.48. The Morgan fingerprint density at radius 2 is 1.79 bits per heavy atom. The predicted molar refractivity (Wildman–Crippen MR) is 91.3 cm³/mol. The molecule has 5 nitrogen and oxygen atoms in total. The second-order valence-corrected chi connectivity index (χ2v) is 7.60. The summed E-state index contributed by atoms with van der Waals surface area (Å²) < 4.78 is 40.4. The summed E-state index contributed by atoms with van der Waals surface area (Å²) in [5.41, 5.74) is 2.34. The summed E-state index contributed by atoms with van der Waals surface area (Å²) in [5, 5.41) is 14.2. The van der Waals surface area contributed by atoms with Gasteiger partial charge in [0.25, 0.3) is 10.0 Å². The van der Waals surface area contributed by atoms with E-state index in [-0.39, 0.29) is 15.9 Å². The molecule has 124 valence electrons. The molecule has 3 rings (SSSR count). The van der Waals surface area contributed by atoms with E-state index in [1.54, 1.807) is 26.0 Å². The molecule has 24 heavy (non-hydrogen) atoms. The highest BCUT2D eigenvalue weighted by molar-refractivity contribution is 7.90. The standard InChI is InChI=1S/C16H16BFN2O3S/c1-10-7-11(2)16(12(3)8-10)24(22,23)20-17(21)14-5-4-6-15(18)13(14)9-19-20/h4-9,21H,1-3H3. The molecule has 0 radical (unpaired) electrons. The van der Waals surface area contributed by atoms with Crippen molar-refractivity contribution in [2.75, 3.05) is 0 Å². The smallest absolute Gasteiger partial charge is 0.427 e. The van der Waals surface area contributed by atoms with Crippen LogP contribution in [0.5, 0.6) is 0 Å². The van der Waals surface area contributed by atoms with Crippen molar-refractivity contribution < 1.29 is 17.8 Å². The van der Waals surface area contributed by atoms with Crippen LogP contribution in [-0.4, -0.2) is 31.0 Å². The minimum Gasteiger partial charge on any atom is -0.427 e. The first kappa shape index (κ1) is 16.7. The van der Waals surface area contributed by atoms with E-state index < -0.39 is 22.9 Å². The minimum atomic E-state index is -4.08. The average Bonchev–Trinajstić information content (AvgIpc) is 2.46. The Hall–Kier alpha value is -2.19. The Morgan fingerprint density at radius 1 is 1.17 bits per heavy atom. The third-order valence-electron chi connectivity index (χ3n) is 3.98. The van der Waals surface area contributed by atoms with Crippen molar-refractivity contribution in [2.45, 2.75) is 25.7 Å². The highest BCUT2D eigenvalue weighted by atomic mass is 32.2. The van der Waals surface area contributed by atoms with Crippen molar-refractivity contribution in [3.63, 3.8) is 0 Å². The maximum atomic E-state index is 13.8. The third-order valence-corrected chi connectivity index (χ3v) is 5.93. The zero-order valence-corrected chi connectivity index (χ0v) is 14.3. The molecule has 0 unspecified atom stereocenters. The molecule has 0 fully saturated rings. The van der Waals surface area contributed by atoms with Crippen LogP contribution in [0.1, 0.15) is 22.3 Å². The lowest BCUT2D eigenvalue weighted by Crippen LogP contribution is -2.52. The lowest BCUT2D eigenvalue weighted by molar-refractivity contribution is 0.474. The number of hydrogen-bond donors (Lipinski definition) is 1. The maximum absolute atomic E-state index is 13.8. The first-order valence-corrected chi connectivity index (χ1v) is 8.80. The molecular weight excluding hydrogens is 330 g/mol. The van der Waals surface area contributed by atoms with Crippen molar-refractivity contribution in [1.82, 2.24) is 4.33 Å². The summed E-state index contributed by atoms with van der Waals surface area (Å²) in [4.78, 5) is 0.101. The minimum absolute atomic E-state index is 0.0915. The number of hydrazone groups is 1. The Morgan fingerprint density at radius 3 is 2.42 bits per heavy atom. The van der Waals surface area contributed by atoms with Crippen LogP contribution in [0.3, 0.4) is 0 Å². The molecular formula is C16H16BFN2O3S. The summed E-state index contributed by atoms with van der Waals surface area (Å²) in [7, 11) is -5.66. The molecule has 0 saturated carbocycles. The lowest BCUT2D eigenvalue weighted by atomic mass is 9.71. The van der Waals surface area contributed by atoms with Crippen LogP contribution >= 0.6 is 0 Å². The molecule has 0 saturated heterocycles. The van der Waals surface area contributed by atoms with Gasteiger partial charge >= 0.3 is 7.05 Å². The number of fused-ring (bicyclic) bond motifs is 1. The molecule has 2 aromatic rings. The molecule has 0 spiro atoms. The average molecular weight is 346 g/mol. The van der Waals surface area contributed by atoms with Gasteiger partial charge in [-0.15, -0.1) is 0 Å². The number of hydrogen-bond acceptors (Lipinski definition) is 4. The van der Waals surface area contributed by atoms with E-state index >= 15 is 0 Å². The molecule has 0 bridgehead atoms. The second kappa shape index (κ2) is 5.72. The van der Waals surface area contributed by atoms with Crippen LogP contribution < -0.4 is 5.46 Å². The molecule has 0 amide bonds. The van der Waals surface area contributed by atoms with Crippen LogP contribution in [-0.2, 0) is 10.0 Å². The molecule has 0 aromatic heterocycles. The summed E-state index contributed by atoms with van der Waals surface area (Å²) in [5.74, 6) is -0.560. The van der Waals surface area contributed by atoms with Gasteiger partial charge in [0.2, 0.25) is 0 Å². The molecule has 1 aliphatic heterocycles. The SMILES string of the molecule is Cc1cc(C)c(S(=O)(=O)N2N=Cc3c(F)cccc3B2O)c(C)c1. The highest BCUT2D eigenvalue weighted by Gasteiger charge is 2.40. The zero-order chi connectivity index (χ0) is 17.6. The molecule has 2 aromatic carbocycles. The summed E-state index contributed by atoms with van der Waals surface area (Å²) in [6.45, 7) is 5.27. The van der Waals surface area contributed by atoms with Gasteiger partial charge in [0.1, 0.15) is 5.82 Å². The Balaban J connectivity index is 2.14. The normalized spacial score (nSPS) is 14.0. The summed E-state index contributed by atoms with van der Waals surface area (Å²) >= 11 is 0. The number of nitrogens with zero attached hydrogens (tertiary/aromatic N) is 2. The fraction of sp³-hybridized carbons (Fsp3) is 0.188. The van der Waals surface area contributed by atoms with E-state index in [9.17, 15) is 17.8 Å². The first-order chi connectivity index (χ1) is 11.2. The fourth-order valence-electron chi connectivity index (χ4n) is 3.07. The van der Waals surface area contributed by atoms with Crippen LogP contribution in [0, 0.1) is 26.6 Å². The van der Waals surface area contributed by atoms with Gasteiger partial charge in [-0.2, -0.15) is 9.43 Å². The molecule has 0 atom stereocenters. The van der Waals surface area contributed by atoms with E-state index in [1.807, 2.05) is 6.92 Å². The number of aryl methyl sites for hydroxylation is 3. The van der Waals surface area contributed by atoms with Crippen molar-refractivity contribution in [3.8, 4) is 0 Å². The summed E-state index contributed by atoms with van der Waals surface area (Å²) in [6, 6.07) is 7.65. The van der Waals surface area contributed by atoms with Crippen molar-refractivity contribution in [2.24, 2.45) is 5.10 Å². The van der Waals surface area contributed by atoms with Gasteiger partial charge < -0.3 is 5.02 Å². The number of sulfonamides is 1. The van der Waals surface area contributed by atoms with Gasteiger partial charge in [0, 0.05) is 5.56 Å². The van der Waals surface area contributed by atoms with Crippen molar-refractivity contribution in [1.29, 1.82) is 0 Å². The maximum Gasteiger partial charge on any atom is 0.484 e. The number of benzene rings is 2. The van der Waals surface area contributed by atoms with Crippen LogP contribution in [0.2, 0.25) is 0 Å². The van der Waals surface area contributed by atoms with Gasteiger partial charge in [-0.05, 0) is 43.4 Å². The van der Waals surface area contributed by atoms with Crippen LogP contribution in [0.25, 0.3) is 0 Å². The van der Waals surface area contributed by atoms with Crippen LogP contribution in [0.15, 0.2) is 40.3 Å². The Kier molecular flexibility index (Phi) is 3.97. The van der Waals surface area contributed by atoms with E-state index in [0.717, 1.165) is 11.8 Å². The second-order valence-electron chi connectivity index (χ2n) is 5.87. The molecule has 1 N–H and O–H groups in total. The molecule has 1 heterocycles. The van der Waals surface area contributed by atoms with Gasteiger partial charge in [-0.25, -0.2) is 12.8 Å². The quantitative estimate of drug-likeness (QED) is 0.838. The third kappa shape index (κ3) is 2.51. The van der Waals surface area contributed by atoms with Crippen LogP contribution in [0.4, 0.5) is 4.39 Å².